The molecule has 0 radical (unpaired) electrons. The number of hydrogen-bond acceptors (Lipinski definition) is 1. The van der Waals surface area contributed by atoms with Crippen LogP contribution in [0.1, 0.15) is 11.1 Å². The van der Waals surface area contributed by atoms with E-state index in [1.165, 1.54) is 0 Å². The van der Waals surface area contributed by atoms with Crippen LogP contribution in [0.2, 0.25) is 5.02 Å². The molecule has 0 bridgehead atoms. The van der Waals surface area contributed by atoms with Crippen molar-refractivity contribution in [3.05, 3.63) is 69.3 Å². The van der Waals surface area contributed by atoms with E-state index < -0.39 is 0 Å². The SMILES string of the molecule is Cc1ccc(Cl)cc1NC(=O)N/C=C/c1ccc(Br)cc1. The van der Waals surface area contributed by atoms with E-state index in [4.69, 9.17) is 11.6 Å². The number of hydrogen-bond donors (Lipinski definition) is 2. The van der Waals surface area contributed by atoms with E-state index in [9.17, 15) is 4.79 Å². The zero-order chi connectivity index (χ0) is 15.2. The van der Waals surface area contributed by atoms with E-state index >= 15 is 0 Å². The zero-order valence-corrected chi connectivity index (χ0v) is 13.7. The van der Waals surface area contributed by atoms with Crippen molar-refractivity contribution in [3.63, 3.8) is 0 Å². The maximum atomic E-state index is 11.8. The second kappa shape index (κ2) is 7.29. The Morgan fingerprint density at radius 2 is 1.90 bits per heavy atom. The van der Waals surface area contributed by atoms with Crippen LogP contribution in [0.5, 0.6) is 0 Å². The molecule has 0 aliphatic carbocycles. The van der Waals surface area contributed by atoms with Gasteiger partial charge in [0.15, 0.2) is 0 Å². The smallest absolute Gasteiger partial charge is 0.314 e. The van der Waals surface area contributed by atoms with E-state index in [1.807, 2.05) is 43.3 Å². The molecule has 5 heteroatoms. The van der Waals surface area contributed by atoms with Crippen LogP contribution in [0.4, 0.5) is 10.5 Å². The summed E-state index contributed by atoms with van der Waals surface area (Å²) in [5, 5.41) is 5.99. The predicted octanol–water partition coefficient (Wildman–Crippen LogP) is 5.20. The van der Waals surface area contributed by atoms with Gasteiger partial charge in [0.25, 0.3) is 0 Å². The van der Waals surface area contributed by atoms with Crippen molar-refractivity contribution in [2.24, 2.45) is 0 Å². The third-order valence-electron chi connectivity index (χ3n) is 2.81. The molecule has 2 rings (SSSR count). The van der Waals surface area contributed by atoms with Gasteiger partial charge in [-0.15, -0.1) is 0 Å². The lowest BCUT2D eigenvalue weighted by Gasteiger charge is -2.08. The molecule has 2 aromatic rings. The monoisotopic (exact) mass is 364 g/mol. The van der Waals surface area contributed by atoms with Gasteiger partial charge in [-0.2, -0.15) is 0 Å². The lowest BCUT2D eigenvalue weighted by Crippen LogP contribution is -2.24. The highest BCUT2D eigenvalue weighted by molar-refractivity contribution is 9.10. The summed E-state index contributed by atoms with van der Waals surface area (Å²) in [7, 11) is 0. The van der Waals surface area contributed by atoms with Crippen molar-refractivity contribution in [1.29, 1.82) is 0 Å². The molecule has 2 amide bonds. The molecular weight excluding hydrogens is 352 g/mol. The Bertz CT molecular complexity index is 668. The van der Waals surface area contributed by atoms with Crippen LogP contribution in [-0.4, -0.2) is 6.03 Å². The molecule has 0 aliphatic rings. The van der Waals surface area contributed by atoms with Gasteiger partial charge in [-0.05, 0) is 48.4 Å². The Morgan fingerprint density at radius 1 is 1.19 bits per heavy atom. The van der Waals surface area contributed by atoms with Gasteiger partial charge < -0.3 is 10.6 Å². The normalized spacial score (nSPS) is 10.6. The number of amides is 2. The number of aryl methyl sites for hydroxylation is 1. The quantitative estimate of drug-likeness (QED) is 0.771. The molecule has 3 nitrogen and oxygen atoms in total. The first-order chi connectivity index (χ1) is 10.0. The molecule has 0 saturated carbocycles. The maximum absolute atomic E-state index is 11.8. The van der Waals surface area contributed by atoms with E-state index in [-0.39, 0.29) is 6.03 Å². The molecule has 0 saturated heterocycles. The molecule has 108 valence electrons. The molecule has 0 fully saturated rings. The van der Waals surface area contributed by atoms with Crippen LogP contribution in [0, 0.1) is 6.92 Å². The summed E-state index contributed by atoms with van der Waals surface area (Å²) in [5.41, 5.74) is 2.64. The number of nitrogens with one attached hydrogen (secondary N) is 2. The molecule has 0 aromatic heterocycles. The van der Waals surface area contributed by atoms with Crippen molar-refractivity contribution < 1.29 is 4.79 Å². The number of urea groups is 1. The number of rotatable bonds is 3. The van der Waals surface area contributed by atoms with Gasteiger partial charge in [0.1, 0.15) is 0 Å². The molecule has 0 aliphatic heterocycles. The summed E-state index contributed by atoms with van der Waals surface area (Å²) in [5.74, 6) is 0. The van der Waals surface area contributed by atoms with E-state index in [0.717, 1.165) is 15.6 Å². The summed E-state index contributed by atoms with van der Waals surface area (Å²) in [4.78, 5) is 11.8. The van der Waals surface area contributed by atoms with Gasteiger partial charge in [0, 0.05) is 21.4 Å². The molecular formula is C16H14BrClN2O. The largest absolute Gasteiger partial charge is 0.323 e. The number of halogens is 2. The lowest BCUT2D eigenvalue weighted by molar-refractivity contribution is 0.255. The number of carbonyl (C=O) groups is 1. The molecule has 2 N–H and O–H groups in total. The Labute approximate surface area is 137 Å². The van der Waals surface area contributed by atoms with Crippen LogP contribution in [-0.2, 0) is 0 Å². The van der Waals surface area contributed by atoms with Gasteiger partial charge in [-0.25, -0.2) is 4.79 Å². The minimum atomic E-state index is -0.311. The number of benzene rings is 2. The second-order valence-corrected chi connectivity index (χ2v) is 5.79. The molecule has 0 atom stereocenters. The van der Waals surface area contributed by atoms with Crippen molar-refractivity contribution in [2.45, 2.75) is 6.92 Å². The maximum Gasteiger partial charge on any atom is 0.323 e. The summed E-state index contributed by atoms with van der Waals surface area (Å²) in [6.45, 7) is 1.91. The van der Waals surface area contributed by atoms with Crippen LogP contribution < -0.4 is 10.6 Å². The standard InChI is InChI=1S/C16H14BrClN2O/c1-11-2-7-14(18)10-15(11)20-16(21)19-9-8-12-3-5-13(17)6-4-12/h2-10H,1H3,(H2,19,20,21)/b9-8+. The minimum Gasteiger partial charge on any atom is -0.314 e. The topological polar surface area (TPSA) is 41.1 Å². The average Bonchev–Trinajstić information content (AvgIpc) is 2.45. The van der Waals surface area contributed by atoms with E-state index in [1.54, 1.807) is 18.3 Å². The predicted molar refractivity (Wildman–Crippen MR) is 91.5 cm³/mol. The second-order valence-electron chi connectivity index (χ2n) is 4.44. The Morgan fingerprint density at radius 3 is 2.62 bits per heavy atom. The highest BCUT2D eigenvalue weighted by Gasteiger charge is 2.03. The highest BCUT2D eigenvalue weighted by atomic mass is 79.9. The summed E-state index contributed by atoms with van der Waals surface area (Å²) in [6, 6.07) is 12.8. The lowest BCUT2D eigenvalue weighted by atomic mass is 10.2. The highest BCUT2D eigenvalue weighted by Crippen LogP contribution is 2.19. The molecule has 0 unspecified atom stereocenters. The van der Waals surface area contributed by atoms with E-state index in [0.29, 0.717) is 10.7 Å². The summed E-state index contributed by atoms with van der Waals surface area (Å²) in [6.07, 6.45) is 3.41. The molecule has 0 spiro atoms. The number of carbonyl (C=O) groups excluding carboxylic acids is 1. The Balaban J connectivity index is 1.93. The third kappa shape index (κ3) is 4.92. The summed E-state index contributed by atoms with van der Waals surface area (Å²) >= 11 is 9.28. The van der Waals surface area contributed by atoms with Gasteiger partial charge >= 0.3 is 6.03 Å². The van der Waals surface area contributed by atoms with Gasteiger partial charge in [0.05, 0.1) is 0 Å². The van der Waals surface area contributed by atoms with Crippen molar-refractivity contribution in [2.75, 3.05) is 5.32 Å². The van der Waals surface area contributed by atoms with Gasteiger partial charge in [-0.1, -0.05) is 45.7 Å². The van der Waals surface area contributed by atoms with Crippen molar-refractivity contribution in [3.8, 4) is 0 Å². The third-order valence-corrected chi connectivity index (χ3v) is 3.57. The van der Waals surface area contributed by atoms with Crippen LogP contribution in [0.15, 0.2) is 53.1 Å². The fourth-order valence-electron chi connectivity index (χ4n) is 1.67. The van der Waals surface area contributed by atoms with Gasteiger partial charge in [-0.3, -0.25) is 0 Å². The first-order valence-electron chi connectivity index (χ1n) is 6.30. The van der Waals surface area contributed by atoms with Crippen LogP contribution in [0.25, 0.3) is 6.08 Å². The Kier molecular flexibility index (Phi) is 5.42. The fourth-order valence-corrected chi connectivity index (χ4v) is 2.11. The molecule has 21 heavy (non-hydrogen) atoms. The molecule has 0 heterocycles. The fraction of sp³-hybridized carbons (Fsp3) is 0.0625. The average molecular weight is 366 g/mol. The van der Waals surface area contributed by atoms with Crippen molar-refractivity contribution >= 4 is 45.3 Å². The Hall–Kier alpha value is -1.78. The van der Waals surface area contributed by atoms with Gasteiger partial charge in [0.2, 0.25) is 0 Å². The summed E-state index contributed by atoms with van der Waals surface area (Å²) < 4.78 is 1.02. The van der Waals surface area contributed by atoms with Crippen LogP contribution in [0.3, 0.4) is 0 Å². The first-order valence-corrected chi connectivity index (χ1v) is 7.47. The first kappa shape index (κ1) is 15.6. The molecule has 2 aromatic carbocycles. The van der Waals surface area contributed by atoms with Crippen molar-refractivity contribution in [1.82, 2.24) is 5.32 Å². The van der Waals surface area contributed by atoms with E-state index in [2.05, 4.69) is 26.6 Å². The zero-order valence-electron chi connectivity index (χ0n) is 11.4. The minimum absolute atomic E-state index is 0.311. The number of anilines is 1. The van der Waals surface area contributed by atoms with Crippen LogP contribution >= 0.6 is 27.5 Å².